The number of aromatic nitrogens is 1. The molecule has 0 bridgehead atoms. The first kappa shape index (κ1) is 19.4. The second-order valence-electron chi connectivity index (χ2n) is 6.23. The summed E-state index contributed by atoms with van der Waals surface area (Å²) >= 11 is 0. The Morgan fingerprint density at radius 2 is 2.23 bits per heavy atom. The lowest BCUT2D eigenvalue weighted by molar-refractivity contribution is -0.145. The van der Waals surface area contributed by atoms with Gasteiger partial charge in [0.25, 0.3) is 0 Å². The van der Waals surface area contributed by atoms with E-state index in [1.165, 1.54) is 6.20 Å². The first-order valence-corrected chi connectivity index (χ1v) is 8.55. The topological polar surface area (TPSA) is 101 Å². The summed E-state index contributed by atoms with van der Waals surface area (Å²) < 4.78 is 0. The summed E-state index contributed by atoms with van der Waals surface area (Å²) in [5.41, 5.74) is 7.65. The van der Waals surface area contributed by atoms with Crippen LogP contribution in [0.3, 0.4) is 0 Å². The van der Waals surface area contributed by atoms with E-state index in [0.29, 0.717) is 18.1 Å². The van der Waals surface area contributed by atoms with Gasteiger partial charge in [0.1, 0.15) is 5.82 Å². The van der Waals surface area contributed by atoms with Crippen molar-refractivity contribution in [3.8, 4) is 0 Å². The molecule has 2 heterocycles. The van der Waals surface area contributed by atoms with Crippen molar-refractivity contribution in [1.29, 1.82) is 0 Å². The zero-order valence-electron chi connectivity index (χ0n) is 15.2. The number of likely N-dealkylation sites (tertiary alicyclic amines) is 1. The summed E-state index contributed by atoms with van der Waals surface area (Å²) in [4.78, 5) is 34.5. The molecule has 2 amide bonds. The SMILES string of the molecule is C=C(/C=C\C=N/C)[C@@H]1CCCCN1C(=O)C(=O)Nc1cnc(N)c(C)c1. The van der Waals surface area contributed by atoms with Gasteiger partial charge in [-0.15, -0.1) is 0 Å². The number of carbonyl (C=O) groups is 2. The van der Waals surface area contributed by atoms with Gasteiger partial charge in [-0.25, -0.2) is 4.98 Å². The van der Waals surface area contributed by atoms with Gasteiger partial charge in [0.05, 0.1) is 17.9 Å². The van der Waals surface area contributed by atoms with Gasteiger partial charge in [-0.1, -0.05) is 12.7 Å². The molecule has 1 aliphatic rings. The molecular formula is C19H25N5O2. The third-order valence-corrected chi connectivity index (χ3v) is 4.31. The van der Waals surface area contributed by atoms with Gasteiger partial charge in [0.2, 0.25) is 0 Å². The molecule has 3 N–H and O–H groups in total. The maximum absolute atomic E-state index is 12.7. The molecule has 2 rings (SSSR count). The van der Waals surface area contributed by atoms with E-state index in [9.17, 15) is 9.59 Å². The van der Waals surface area contributed by atoms with E-state index in [0.717, 1.165) is 30.4 Å². The number of carbonyl (C=O) groups excluding carboxylic acids is 2. The summed E-state index contributed by atoms with van der Waals surface area (Å²) in [5.74, 6) is -0.859. The normalized spacial score (nSPS) is 17.6. The highest BCUT2D eigenvalue weighted by Crippen LogP contribution is 2.23. The van der Waals surface area contributed by atoms with E-state index in [-0.39, 0.29) is 6.04 Å². The standard InChI is InChI=1S/C19H25N5O2/c1-13(7-6-9-21-3)16-8-4-5-10-24(16)19(26)18(25)23-15-11-14(2)17(20)22-12-15/h6-7,9,11-12,16H,1,4-5,8,10H2,2-3H3,(H2,20,22)(H,23,25)/b7-6-,21-9-/t16-/m0/s1. The van der Waals surface area contributed by atoms with Crippen molar-refractivity contribution < 1.29 is 9.59 Å². The first-order valence-electron chi connectivity index (χ1n) is 8.55. The predicted octanol–water partition coefficient (Wildman–Crippen LogP) is 2.10. The number of rotatable bonds is 4. The minimum absolute atomic E-state index is 0.185. The molecule has 1 atom stereocenters. The highest BCUT2D eigenvalue weighted by molar-refractivity contribution is 6.39. The third kappa shape index (κ3) is 4.78. The van der Waals surface area contributed by atoms with Crippen LogP contribution in [0.1, 0.15) is 24.8 Å². The number of hydrogen-bond donors (Lipinski definition) is 2. The smallest absolute Gasteiger partial charge is 0.313 e. The molecule has 0 aromatic carbocycles. The van der Waals surface area contributed by atoms with Crippen molar-refractivity contribution in [3.05, 3.63) is 42.1 Å². The molecule has 1 aromatic heterocycles. The number of nitrogens with one attached hydrogen (secondary N) is 1. The summed E-state index contributed by atoms with van der Waals surface area (Å²) in [6, 6.07) is 1.50. The Morgan fingerprint density at radius 3 is 2.92 bits per heavy atom. The van der Waals surface area contributed by atoms with Crippen molar-refractivity contribution in [2.75, 3.05) is 24.6 Å². The second kappa shape index (κ2) is 8.94. The lowest BCUT2D eigenvalue weighted by Gasteiger charge is -2.35. The number of nitrogens with zero attached hydrogens (tertiary/aromatic N) is 3. The number of hydrogen-bond acceptors (Lipinski definition) is 5. The number of aryl methyl sites for hydroxylation is 1. The van der Waals surface area contributed by atoms with Gasteiger partial charge in [0.15, 0.2) is 0 Å². The Kier molecular flexibility index (Phi) is 6.66. The lowest BCUT2D eigenvalue weighted by atomic mass is 9.95. The molecule has 1 aliphatic heterocycles. The Labute approximate surface area is 153 Å². The fourth-order valence-corrected chi connectivity index (χ4v) is 2.89. The lowest BCUT2D eigenvalue weighted by Crippen LogP contribution is -2.48. The van der Waals surface area contributed by atoms with Crippen LogP contribution in [-0.2, 0) is 9.59 Å². The van der Waals surface area contributed by atoms with Crippen LogP contribution in [0.5, 0.6) is 0 Å². The number of piperidine rings is 1. The van der Waals surface area contributed by atoms with Crippen LogP contribution in [-0.4, -0.2) is 47.5 Å². The highest BCUT2D eigenvalue weighted by atomic mass is 16.2. The molecule has 7 heteroatoms. The molecule has 138 valence electrons. The van der Waals surface area contributed by atoms with Crippen LogP contribution >= 0.6 is 0 Å². The van der Waals surface area contributed by atoms with E-state index in [4.69, 9.17) is 5.73 Å². The highest BCUT2D eigenvalue weighted by Gasteiger charge is 2.31. The molecule has 0 aliphatic carbocycles. The van der Waals surface area contributed by atoms with E-state index < -0.39 is 11.8 Å². The largest absolute Gasteiger partial charge is 0.383 e. The minimum Gasteiger partial charge on any atom is -0.383 e. The Bertz CT molecular complexity index is 754. The van der Waals surface area contributed by atoms with Gasteiger partial charge >= 0.3 is 11.8 Å². The summed E-state index contributed by atoms with van der Waals surface area (Å²) in [5, 5.41) is 2.60. The average molecular weight is 355 g/mol. The van der Waals surface area contributed by atoms with Gasteiger partial charge in [-0.3, -0.25) is 14.6 Å². The van der Waals surface area contributed by atoms with Gasteiger partial charge in [0, 0.05) is 19.8 Å². The van der Waals surface area contributed by atoms with E-state index >= 15 is 0 Å². The van der Waals surface area contributed by atoms with Crippen molar-refractivity contribution in [2.24, 2.45) is 4.99 Å². The van der Waals surface area contributed by atoms with Crippen molar-refractivity contribution in [3.63, 3.8) is 0 Å². The average Bonchev–Trinajstić information content (AvgIpc) is 2.64. The van der Waals surface area contributed by atoms with Crippen molar-refractivity contribution in [2.45, 2.75) is 32.2 Å². The third-order valence-electron chi connectivity index (χ3n) is 4.31. The Morgan fingerprint density at radius 1 is 1.46 bits per heavy atom. The van der Waals surface area contributed by atoms with Gasteiger partial charge < -0.3 is 16.0 Å². The molecule has 0 radical (unpaired) electrons. The molecule has 0 spiro atoms. The minimum atomic E-state index is -0.685. The molecule has 1 saturated heterocycles. The van der Waals surface area contributed by atoms with E-state index in [1.807, 2.05) is 6.08 Å². The monoisotopic (exact) mass is 355 g/mol. The summed E-state index contributed by atoms with van der Waals surface area (Å²) in [6.45, 7) is 6.37. The van der Waals surface area contributed by atoms with Crippen molar-refractivity contribution >= 4 is 29.5 Å². The van der Waals surface area contributed by atoms with Crippen LogP contribution in [0.4, 0.5) is 11.5 Å². The molecular weight excluding hydrogens is 330 g/mol. The van der Waals surface area contributed by atoms with Crippen LogP contribution < -0.4 is 11.1 Å². The zero-order chi connectivity index (χ0) is 19.1. The molecule has 1 aromatic rings. The number of nitrogens with two attached hydrogens (primary N) is 1. The maximum Gasteiger partial charge on any atom is 0.313 e. The van der Waals surface area contributed by atoms with Gasteiger partial charge in [-0.2, -0.15) is 0 Å². The fraction of sp³-hybridized carbons (Fsp3) is 0.368. The van der Waals surface area contributed by atoms with Gasteiger partial charge in [-0.05, 0) is 49.5 Å². The van der Waals surface area contributed by atoms with E-state index in [1.54, 1.807) is 37.2 Å². The number of aliphatic imine (C=N–C) groups is 1. The first-order chi connectivity index (χ1) is 12.4. The van der Waals surface area contributed by atoms with Crippen LogP contribution in [0.2, 0.25) is 0 Å². The molecule has 26 heavy (non-hydrogen) atoms. The summed E-state index contributed by atoms with van der Waals surface area (Å²) in [6.07, 6.45) is 9.35. The predicted molar refractivity (Wildman–Crippen MR) is 104 cm³/mol. The Balaban J connectivity index is 2.09. The number of nitrogen functional groups attached to an aromatic ring is 1. The number of pyridine rings is 1. The molecule has 1 fully saturated rings. The molecule has 7 nitrogen and oxygen atoms in total. The maximum atomic E-state index is 12.7. The molecule has 0 saturated carbocycles. The second-order valence-corrected chi connectivity index (χ2v) is 6.23. The quantitative estimate of drug-likeness (QED) is 0.491. The molecule has 0 unspecified atom stereocenters. The Hall–Kier alpha value is -2.96. The van der Waals surface area contributed by atoms with Crippen molar-refractivity contribution in [1.82, 2.24) is 9.88 Å². The summed E-state index contributed by atoms with van der Waals surface area (Å²) in [7, 11) is 1.68. The van der Waals surface area contributed by atoms with Crippen LogP contribution in [0.25, 0.3) is 0 Å². The zero-order valence-corrected chi connectivity index (χ0v) is 15.2. The number of amides is 2. The van der Waals surface area contributed by atoms with Crippen LogP contribution in [0, 0.1) is 6.92 Å². The number of allylic oxidation sites excluding steroid dienone is 1. The van der Waals surface area contributed by atoms with E-state index in [2.05, 4.69) is 21.9 Å². The fourth-order valence-electron chi connectivity index (χ4n) is 2.89. The van der Waals surface area contributed by atoms with Crippen LogP contribution in [0.15, 0.2) is 41.6 Å². The number of anilines is 2.